The highest BCUT2D eigenvalue weighted by molar-refractivity contribution is 5.16. The molecule has 0 spiro atoms. The van der Waals surface area contributed by atoms with Crippen molar-refractivity contribution in [1.29, 1.82) is 0 Å². The summed E-state index contributed by atoms with van der Waals surface area (Å²) in [5.41, 5.74) is 2.53. The number of aryl methyl sites for hydroxylation is 2. The lowest BCUT2D eigenvalue weighted by atomic mass is 10.2. The maximum atomic E-state index is 4.52. The Morgan fingerprint density at radius 3 is 2.62 bits per heavy atom. The zero-order chi connectivity index (χ0) is 9.84. The van der Waals surface area contributed by atoms with Crippen LogP contribution >= 0.6 is 0 Å². The minimum absolute atomic E-state index is 1.01. The largest absolute Gasteiger partial charge is 0.335 e. The Balaban J connectivity index is 2.85. The monoisotopic (exact) mass is 181 g/mol. The van der Waals surface area contributed by atoms with E-state index in [2.05, 4.69) is 35.8 Å². The van der Waals surface area contributed by atoms with Crippen LogP contribution in [0.25, 0.3) is 0 Å². The first-order chi connectivity index (χ1) is 6.20. The first-order valence-corrected chi connectivity index (χ1v) is 4.86. The number of rotatable bonds is 4. The summed E-state index contributed by atoms with van der Waals surface area (Å²) in [4.78, 5) is 4.52. The van der Waals surface area contributed by atoms with Gasteiger partial charge in [0.2, 0.25) is 0 Å². The van der Waals surface area contributed by atoms with Gasteiger partial charge in [0.15, 0.2) is 0 Å². The number of nitrogens with zero attached hydrogens (tertiary/aromatic N) is 2. The van der Waals surface area contributed by atoms with Crippen LogP contribution in [0.5, 0.6) is 0 Å². The van der Waals surface area contributed by atoms with Crippen LogP contribution in [0.15, 0.2) is 0 Å². The Bertz CT molecular complexity index is 276. The van der Waals surface area contributed by atoms with Crippen LogP contribution in [0.2, 0.25) is 0 Å². The molecular weight excluding hydrogens is 162 g/mol. The second-order valence-corrected chi connectivity index (χ2v) is 3.33. The Morgan fingerprint density at radius 2 is 2.15 bits per heavy atom. The van der Waals surface area contributed by atoms with Crippen molar-refractivity contribution in [3.63, 3.8) is 0 Å². The summed E-state index contributed by atoms with van der Waals surface area (Å²) in [6.07, 6.45) is 2.07. The van der Waals surface area contributed by atoms with Gasteiger partial charge in [-0.15, -0.1) is 0 Å². The molecule has 0 unspecified atom stereocenters. The molecule has 1 aromatic heterocycles. The second kappa shape index (κ2) is 4.42. The van der Waals surface area contributed by atoms with E-state index in [4.69, 9.17) is 0 Å². The van der Waals surface area contributed by atoms with Gasteiger partial charge in [-0.3, -0.25) is 0 Å². The fraction of sp³-hybridized carbons (Fsp3) is 0.700. The summed E-state index contributed by atoms with van der Waals surface area (Å²) >= 11 is 0. The molecule has 1 heterocycles. The van der Waals surface area contributed by atoms with Gasteiger partial charge < -0.3 is 9.88 Å². The molecule has 3 nitrogen and oxygen atoms in total. The van der Waals surface area contributed by atoms with Crippen molar-refractivity contribution in [2.24, 2.45) is 7.05 Å². The molecule has 3 heteroatoms. The third-order valence-electron chi connectivity index (χ3n) is 2.43. The predicted molar refractivity (Wildman–Crippen MR) is 55.0 cm³/mol. The summed E-state index contributed by atoms with van der Waals surface area (Å²) < 4.78 is 2.21. The van der Waals surface area contributed by atoms with Gasteiger partial charge in [-0.2, -0.15) is 0 Å². The van der Waals surface area contributed by atoms with Gasteiger partial charge in [0.05, 0.1) is 5.69 Å². The first kappa shape index (κ1) is 10.3. The molecule has 0 aliphatic heterocycles. The number of likely N-dealkylation sites (N-methyl/N-ethyl adjacent to an activating group) is 1. The lowest BCUT2D eigenvalue weighted by molar-refractivity contribution is 0.712. The maximum Gasteiger partial charge on any atom is 0.108 e. The van der Waals surface area contributed by atoms with Gasteiger partial charge >= 0.3 is 0 Å². The average Bonchev–Trinajstić information content (AvgIpc) is 2.39. The number of aromatic nitrogens is 2. The molecule has 0 saturated carbocycles. The molecule has 0 saturated heterocycles. The highest BCUT2D eigenvalue weighted by atomic mass is 15.1. The molecule has 74 valence electrons. The fourth-order valence-electron chi connectivity index (χ4n) is 1.64. The van der Waals surface area contributed by atoms with Crippen LogP contribution in [0.4, 0.5) is 0 Å². The molecule has 1 rings (SSSR count). The maximum absolute atomic E-state index is 4.52. The quantitative estimate of drug-likeness (QED) is 0.752. The van der Waals surface area contributed by atoms with Crippen molar-refractivity contribution in [1.82, 2.24) is 14.9 Å². The normalized spacial score (nSPS) is 10.8. The van der Waals surface area contributed by atoms with Crippen LogP contribution in [0.1, 0.15) is 24.1 Å². The summed E-state index contributed by atoms with van der Waals surface area (Å²) in [5, 5.41) is 3.16. The molecule has 0 aliphatic rings. The topological polar surface area (TPSA) is 29.9 Å². The van der Waals surface area contributed by atoms with Crippen molar-refractivity contribution < 1.29 is 0 Å². The summed E-state index contributed by atoms with van der Waals surface area (Å²) in [6.45, 7) is 5.25. The van der Waals surface area contributed by atoms with Crippen LogP contribution in [-0.4, -0.2) is 23.1 Å². The standard InChI is InChI=1S/C10H19N3/c1-5-10-12-8(2)9(13(10)4)6-7-11-3/h11H,5-7H2,1-4H3. The molecular formula is C10H19N3. The molecule has 13 heavy (non-hydrogen) atoms. The van der Waals surface area contributed by atoms with E-state index in [1.807, 2.05) is 7.05 Å². The van der Waals surface area contributed by atoms with Crippen molar-refractivity contribution in [3.8, 4) is 0 Å². The summed E-state index contributed by atoms with van der Waals surface area (Å²) in [6, 6.07) is 0. The molecule has 0 atom stereocenters. The molecule has 1 aromatic rings. The van der Waals surface area contributed by atoms with Crippen molar-refractivity contribution in [2.45, 2.75) is 26.7 Å². The highest BCUT2D eigenvalue weighted by Gasteiger charge is 2.08. The van der Waals surface area contributed by atoms with E-state index in [1.165, 1.54) is 17.2 Å². The fourth-order valence-corrected chi connectivity index (χ4v) is 1.64. The smallest absolute Gasteiger partial charge is 0.108 e. The van der Waals surface area contributed by atoms with Crippen LogP contribution in [0, 0.1) is 6.92 Å². The summed E-state index contributed by atoms with van der Waals surface area (Å²) in [7, 11) is 4.08. The molecule has 0 bridgehead atoms. The Hall–Kier alpha value is -0.830. The minimum Gasteiger partial charge on any atom is -0.335 e. The van der Waals surface area contributed by atoms with Crippen LogP contribution in [-0.2, 0) is 19.9 Å². The van der Waals surface area contributed by atoms with Crippen molar-refractivity contribution in [2.75, 3.05) is 13.6 Å². The number of imidazole rings is 1. The van der Waals surface area contributed by atoms with Gasteiger partial charge in [0, 0.05) is 32.1 Å². The predicted octanol–water partition coefficient (Wildman–Crippen LogP) is 1.05. The Morgan fingerprint density at radius 1 is 1.46 bits per heavy atom. The van der Waals surface area contributed by atoms with E-state index >= 15 is 0 Å². The van der Waals surface area contributed by atoms with E-state index in [0.717, 1.165) is 19.4 Å². The third kappa shape index (κ3) is 2.10. The minimum atomic E-state index is 1.01. The molecule has 0 aliphatic carbocycles. The molecule has 0 aromatic carbocycles. The van der Waals surface area contributed by atoms with Gasteiger partial charge in [0.25, 0.3) is 0 Å². The van der Waals surface area contributed by atoms with E-state index < -0.39 is 0 Å². The average molecular weight is 181 g/mol. The lowest BCUT2D eigenvalue weighted by Crippen LogP contribution is -2.13. The van der Waals surface area contributed by atoms with E-state index in [0.29, 0.717) is 0 Å². The van der Waals surface area contributed by atoms with Gasteiger partial charge in [-0.05, 0) is 14.0 Å². The number of hydrogen-bond donors (Lipinski definition) is 1. The van der Waals surface area contributed by atoms with Crippen LogP contribution in [0.3, 0.4) is 0 Å². The molecule has 0 amide bonds. The van der Waals surface area contributed by atoms with Gasteiger partial charge in [-0.1, -0.05) is 6.92 Å². The SMILES string of the molecule is CCc1nc(C)c(CCNC)n1C. The first-order valence-electron chi connectivity index (χ1n) is 4.86. The Kier molecular flexibility index (Phi) is 3.48. The molecule has 0 fully saturated rings. The third-order valence-corrected chi connectivity index (χ3v) is 2.43. The van der Waals surface area contributed by atoms with E-state index in [9.17, 15) is 0 Å². The molecule has 0 radical (unpaired) electrons. The second-order valence-electron chi connectivity index (χ2n) is 3.33. The number of nitrogens with one attached hydrogen (secondary N) is 1. The van der Waals surface area contributed by atoms with Crippen LogP contribution < -0.4 is 5.32 Å². The lowest BCUT2D eigenvalue weighted by Gasteiger charge is -2.04. The van der Waals surface area contributed by atoms with Gasteiger partial charge in [0.1, 0.15) is 5.82 Å². The zero-order valence-corrected chi connectivity index (χ0v) is 9.02. The van der Waals surface area contributed by atoms with Crippen molar-refractivity contribution in [3.05, 3.63) is 17.2 Å². The highest BCUT2D eigenvalue weighted by Crippen LogP contribution is 2.10. The van der Waals surface area contributed by atoms with Crippen molar-refractivity contribution >= 4 is 0 Å². The number of hydrogen-bond acceptors (Lipinski definition) is 2. The molecule has 1 N–H and O–H groups in total. The van der Waals surface area contributed by atoms with E-state index in [-0.39, 0.29) is 0 Å². The summed E-state index contributed by atoms with van der Waals surface area (Å²) in [5.74, 6) is 1.18. The zero-order valence-electron chi connectivity index (χ0n) is 9.02. The van der Waals surface area contributed by atoms with Gasteiger partial charge in [-0.25, -0.2) is 4.98 Å². The Labute approximate surface area is 80.2 Å². The van der Waals surface area contributed by atoms with E-state index in [1.54, 1.807) is 0 Å².